The van der Waals surface area contributed by atoms with Crippen molar-refractivity contribution in [1.29, 1.82) is 0 Å². The predicted octanol–water partition coefficient (Wildman–Crippen LogP) is 0.730. The van der Waals surface area contributed by atoms with Crippen LogP contribution in [-0.2, 0) is 4.79 Å². The zero-order chi connectivity index (χ0) is 12.2. The fourth-order valence-corrected chi connectivity index (χ4v) is 1.00. The molecule has 8 heteroatoms. The molecule has 0 amide bonds. The van der Waals surface area contributed by atoms with E-state index in [9.17, 15) is 13.2 Å². The Labute approximate surface area is 88.7 Å². The van der Waals surface area contributed by atoms with Crippen LogP contribution < -0.4 is 5.32 Å². The second-order valence-corrected chi connectivity index (χ2v) is 3.17. The van der Waals surface area contributed by atoms with Crippen LogP contribution in [0.15, 0.2) is 12.3 Å². The molecule has 0 spiro atoms. The molecule has 0 aliphatic carbocycles. The van der Waals surface area contributed by atoms with Gasteiger partial charge in [0.15, 0.2) is 0 Å². The van der Waals surface area contributed by atoms with Crippen LogP contribution in [0.3, 0.4) is 0 Å². The molecule has 2 rings (SSSR count). The number of H-pyrrole nitrogens is 1. The minimum absolute atomic E-state index is 0.687. The topological polar surface area (TPSA) is 78.0 Å². The van der Waals surface area contributed by atoms with Crippen molar-refractivity contribution >= 4 is 5.97 Å². The maximum atomic E-state index is 10.6. The van der Waals surface area contributed by atoms with E-state index in [1.807, 2.05) is 6.07 Å². The van der Waals surface area contributed by atoms with Crippen LogP contribution in [-0.4, -0.2) is 40.5 Å². The zero-order valence-electron chi connectivity index (χ0n) is 8.08. The molecule has 1 aromatic rings. The molecule has 0 atom stereocenters. The van der Waals surface area contributed by atoms with E-state index < -0.39 is 12.1 Å². The molecule has 0 bridgehead atoms. The standard InChI is InChI=1S/C6H9N3.C2HF3O2/c1-2-8-9-6(1)5-3-7-4-5;3-2(4,5)1(6)7/h1-2,5,7H,3-4H2,(H,8,9);(H,6,7). The third-order valence-electron chi connectivity index (χ3n) is 1.99. The summed E-state index contributed by atoms with van der Waals surface area (Å²) in [5, 5.41) is 17.1. The second-order valence-electron chi connectivity index (χ2n) is 3.17. The summed E-state index contributed by atoms with van der Waals surface area (Å²) in [6, 6.07) is 2.03. The highest BCUT2D eigenvalue weighted by Crippen LogP contribution is 2.15. The van der Waals surface area contributed by atoms with Crippen LogP contribution in [0, 0.1) is 0 Å². The molecule has 1 aromatic heterocycles. The lowest BCUT2D eigenvalue weighted by Crippen LogP contribution is -2.40. The highest BCUT2D eigenvalue weighted by Gasteiger charge is 2.38. The highest BCUT2D eigenvalue weighted by molar-refractivity contribution is 5.73. The van der Waals surface area contributed by atoms with Crippen LogP contribution in [0.5, 0.6) is 0 Å². The van der Waals surface area contributed by atoms with Crippen molar-refractivity contribution in [2.24, 2.45) is 0 Å². The van der Waals surface area contributed by atoms with Gasteiger partial charge in [-0.05, 0) is 6.07 Å². The zero-order valence-corrected chi connectivity index (χ0v) is 8.08. The van der Waals surface area contributed by atoms with Crippen molar-refractivity contribution < 1.29 is 23.1 Å². The second kappa shape index (κ2) is 4.97. The number of hydrogen-bond acceptors (Lipinski definition) is 3. The van der Waals surface area contributed by atoms with Crippen molar-refractivity contribution in [3.63, 3.8) is 0 Å². The van der Waals surface area contributed by atoms with E-state index in [4.69, 9.17) is 9.90 Å². The number of alkyl halides is 3. The monoisotopic (exact) mass is 237 g/mol. The number of carboxylic acids is 1. The van der Waals surface area contributed by atoms with Gasteiger partial charge in [0, 0.05) is 30.9 Å². The maximum Gasteiger partial charge on any atom is 0.490 e. The molecular weight excluding hydrogens is 227 g/mol. The van der Waals surface area contributed by atoms with E-state index in [1.54, 1.807) is 6.20 Å². The number of aliphatic carboxylic acids is 1. The molecule has 0 radical (unpaired) electrons. The smallest absolute Gasteiger partial charge is 0.475 e. The summed E-state index contributed by atoms with van der Waals surface area (Å²) in [5.41, 5.74) is 1.26. The molecule has 2 heterocycles. The average Bonchev–Trinajstić information content (AvgIpc) is 2.53. The van der Waals surface area contributed by atoms with Gasteiger partial charge in [0.1, 0.15) is 0 Å². The Kier molecular flexibility index (Phi) is 3.88. The average molecular weight is 237 g/mol. The van der Waals surface area contributed by atoms with Gasteiger partial charge in [-0.3, -0.25) is 5.10 Å². The number of aromatic amines is 1. The van der Waals surface area contributed by atoms with Gasteiger partial charge < -0.3 is 10.4 Å². The Hall–Kier alpha value is -1.57. The SMILES string of the molecule is O=C(O)C(F)(F)F.c1cc(C2CNC2)[nH]n1. The fourth-order valence-electron chi connectivity index (χ4n) is 1.00. The van der Waals surface area contributed by atoms with E-state index in [0.29, 0.717) is 5.92 Å². The van der Waals surface area contributed by atoms with E-state index >= 15 is 0 Å². The van der Waals surface area contributed by atoms with Crippen molar-refractivity contribution in [3.05, 3.63) is 18.0 Å². The van der Waals surface area contributed by atoms with Crippen LogP contribution in [0.4, 0.5) is 13.2 Å². The van der Waals surface area contributed by atoms with Crippen molar-refractivity contribution in [2.45, 2.75) is 12.1 Å². The number of aromatic nitrogens is 2. The quantitative estimate of drug-likeness (QED) is 0.672. The number of rotatable bonds is 1. The molecule has 3 N–H and O–H groups in total. The van der Waals surface area contributed by atoms with Gasteiger partial charge in [0.25, 0.3) is 0 Å². The largest absolute Gasteiger partial charge is 0.490 e. The Bertz CT molecular complexity index is 333. The van der Waals surface area contributed by atoms with Gasteiger partial charge in [-0.25, -0.2) is 4.79 Å². The lowest BCUT2D eigenvalue weighted by Gasteiger charge is -2.25. The van der Waals surface area contributed by atoms with Crippen LogP contribution >= 0.6 is 0 Å². The maximum absolute atomic E-state index is 10.6. The van der Waals surface area contributed by atoms with Crippen molar-refractivity contribution in [2.75, 3.05) is 13.1 Å². The summed E-state index contributed by atoms with van der Waals surface area (Å²) in [7, 11) is 0. The normalized spacial score (nSPS) is 15.9. The molecule has 90 valence electrons. The van der Waals surface area contributed by atoms with Gasteiger partial charge in [0.05, 0.1) is 0 Å². The molecule has 5 nitrogen and oxygen atoms in total. The van der Waals surface area contributed by atoms with E-state index in [1.165, 1.54) is 5.69 Å². The molecular formula is C8H10F3N3O2. The fraction of sp³-hybridized carbons (Fsp3) is 0.500. The van der Waals surface area contributed by atoms with Gasteiger partial charge in [-0.1, -0.05) is 0 Å². The summed E-state index contributed by atoms with van der Waals surface area (Å²) >= 11 is 0. The lowest BCUT2D eigenvalue weighted by atomic mass is 10.0. The summed E-state index contributed by atoms with van der Waals surface area (Å²) in [6.07, 6.45) is -3.28. The van der Waals surface area contributed by atoms with Crippen molar-refractivity contribution in [1.82, 2.24) is 15.5 Å². The van der Waals surface area contributed by atoms with Gasteiger partial charge in [-0.15, -0.1) is 0 Å². The molecule has 1 aliphatic rings. The first-order valence-electron chi connectivity index (χ1n) is 4.41. The van der Waals surface area contributed by atoms with Crippen LogP contribution in [0.25, 0.3) is 0 Å². The molecule has 1 fully saturated rings. The molecule has 16 heavy (non-hydrogen) atoms. The number of nitrogens with one attached hydrogen (secondary N) is 2. The van der Waals surface area contributed by atoms with E-state index in [0.717, 1.165) is 13.1 Å². The minimum Gasteiger partial charge on any atom is -0.475 e. The molecule has 1 aliphatic heterocycles. The first kappa shape index (κ1) is 12.5. The number of carbonyl (C=O) groups is 1. The molecule has 0 aromatic carbocycles. The highest BCUT2D eigenvalue weighted by atomic mass is 19.4. The first-order valence-corrected chi connectivity index (χ1v) is 4.41. The Balaban J connectivity index is 0.000000168. The first-order chi connectivity index (χ1) is 7.41. The lowest BCUT2D eigenvalue weighted by molar-refractivity contribution is -0.192. The number of carboxylic acid groups (broad SMARTS) is 1. The van der Waals surface area contributed by atoms with Crippen LogP contribution in [0.2, 0.25) is 0 Å². The van der Waals surface area contributed by atoms with E-state index in [2.05, 4.69) is 15.5 Å². The summed E-state index contributed by atoms with van der Waals surface area (Å²) in [5.74, 6) is -2.07. The molecule has 1 saturated heterocycles. The Morgan fingerprint density at radius 1 is 1.50 bits per heavy atom. The third kappa shape index (κ3) is 3.54. The van der Waals surface area contributed by atoms with Gasteiger partial charge in [-0.2, -0.15) is 18.3 Å². The van der Waals surface area contributed by atoms with Crippen molar-refractivity contribution in [3.8, 4) is 0 Å². The predicted molar refractivity (Wildman–Crippen MR) is 47.9 cm³/mol. The van der Waals surface area contributed by atoms with Crippen LogP contribution in [0.1, 0.15) is 11.6 Å². The molecule has 0 unspecified atom stereocenters. The minimum atomic E-state index is -5.08. The van der Waals surface area contributed by atoms with Gasteiger partial charge >= 0.3 is 12.1 Å². The Morgan fingerprint density at radius 2 is 2.06 bits per heavy atom. The summed E-state index contributed by atoms with van der Waals surface area (Å²) in [6.45, 7) is 2.20. The Morgan fingerprint density at radius 3 is 2.31 bits per heavy atom. The summed E-state index contributed by atoms with van der Waals surface area (Å²) < 4.78 is 31.7. The third-order valence-corrected chi connectivity index (χ3v) is 1.99. The van der Waals surface area contributed by atoms with Gasteiger partial charge in [0.2, 0.25) is 0 Å². The number of hydrogen-bond donors (Lipinski definition) is 3. The van der Waals surface area contributed by atoms with E-state index in [-0.39, 0.29) is 0 Å². The molecule has 0 saturated carbocycles. The number of halogens is 3. The summed E-state index contributed by atoms with van der Waals surface area (Å²) in [4.78, 5) is 8.90. The number of nitrogens with zero attached hydrogens (tertiary/aromatic N) is 1.